The first-order valence-corrected chi connectivity index (χ1v) is 18.2. The third-order valence-electron chi connectivity index (χ3n) is 8.98. The van der Waals surface area contributed by atoms with E-state index < -0.39 is 23.8 Å². The summed E-state index contributed by atoms with van der Waals surface area (Å²) in [7, 11) is 1.24. The number of hydrogen-bond donors (Lipinski definition) is 1. The zero-order valence-electron chi connectivity index (χ0n) is 31.2. The Balaban J connectivity index is 1.42. The van der Waals surface area contributed by atoms with Crippen molar-refractivity contribution in [2.75, 3.05) is 7.11 Å². The first kappa shape index (κ1) is 38.8. The summed E-state index contributed by atoms with van der Waals surface area (Å²) < 4.78 is 30.0. The Hall–Kier alpha value is -6.87. The van der Waals surface area contributed by atoms with Crippen LogP contribution in [0, 0.1) is 0 Å². The van der Waals surface area contributed by atoms with Crippen molar-refractivity contribution >= 4 is 17.7 Å². The van der Waals surface area contributed by atoms with E-state index in [-0.39, 0.29) is 65.1 Å². The number of phenolic OH excluding ortho intramolecular Hbond substituents is 1. The van der Waals surface area contributed by atoms with Crippen molar-refractivity contribution in [1.82, 2.24) is 0 Å². The highest BCUT2D eigenvalue weighted by Gasteiger charge is 2.31. The van der Waals surface area contributed by atoms with E-state index in [1.165, 1.54) is 25.3 Å². The molecule has 0 heterocycles. The minimum Gasteiger partial charge on any atom is -0.508 e. The largest absolute Gasteiger partial charge is 0.508 e. The van der Waals surface area contributed by atoms with Crippen molar-refractivity contribution in [3.63, 3.8) is 0 Å². The summed E-state index contributed by atoms with van der Waals surface area (Å²) in [5, 5.41) is 9.64. The van der Waals surface area contributed by atoms with Crippen molar-refractivity contribution in [3.05, 3.63) is 190 Å². The van der Waals surface area contributed by atoms with E-state index in [0.29, 0.717) is 12.8 Å². The number of aromatic hydroxyl groups is 1. The van der Waals surface area contributed by atoms with Crippen molar-refractivity contribution in [2.24, 2.45) is 0 Å². The number of esters is 2. The van der Waals surface area contributed by atoms with Crippen LogP contribution in [0.25, 0.3) is 0 Å². The molecule has 9 heteroatoms. The van der Waals surface area contributed by atoms with E-state index in [1.54, 1.807) is 31.2 Å². The van der Waals surface area contributed by atoms with Gasteiger partial charge in [-0.2, -0.15) is 0 Å². The fourth-order valence-electron chi connectivity index (χ4n) is 6.00. The van der Waals surface area contributed by atoms with Gasteiger partial charge in [0.15, 0.2) is 0 Å². The lowest BCUT2D eigenvalue weighted by Gasteiger charge is -2.20. The SMILES string of the molecule is COC(=O)c1cccc(OCc2ccccc2)c1C(=O)c1c(OCc2ccccc2)cc(C(=O)OC(C)CCc2ccc(O)cc2)cc1OCc1ccccc1. The molecule has 0 spiro atoms. The maximum atomic E-state index is 15.1. The van der Waals surface area contributed by atoms with Gasteiger partial charge in [-0.25, -0.2) is 9.59 Å². The molecule has 0 saturated carbocycles. The molecule has 1 unspecified atom stereocenters. The van der Waals surface area contributed by atoms with E-state index in [2.05, 4.69) is 0 Å². The fourth-order valence-corrected chi connectivity index (χ4v) is 6.00. The fraction of sp³-hybridized carbons (Fsp3) is 0.170. The van der Waals surface area contributed by atoms with E-state index in [9.17, 15) is 14.7 Å². The van der Waals surface area contributed by atoms with E-state index >= 15 is 4.79 Å². The number of phenols is 1. The molecule has 0 radical (unpaired) electrons. The molecule has 284 valence electrons. The van der Waals surface area contributed by atoms with Crippen LogP contribution in [0.2, 0.25) is 0 Å². The van der Waals surface area contributed by atoms with Crippen LogP contribution in [0.5, 0.6) is 23.0 Å². The molecule has 0 fully saturated rings. The molecule has 6 aromatic carbocycles. The van der Waals surface area contributed by atoms with Crippen LogP contribution in [-0.4, -0.2) is 36.0 Å². The summed E-state index contributed by atoms with van der Waals surface area (Å²) in [6.45, 7) is 2.03. The van der Waals surface area contributed by atoms with Gasteiger partial charge in [-0.1, -0.05) is 109 Å². The molecule has 56 heavy (non-hydrogen) atoms. The quantitative estimate of drug-likeness (QED) is 0.0719. The van der Waals surface area contributed by atoms with Crippen molar-refractivity contribution in [2.45, 2.75) is 45.7 Å². The second kappa shape index (κ2) is 18.9. The molecule has 0 aromatic heterocycles. The Bertz CT molecular complexity index is 2170. The Labute approximate surface area is 326 Å². The van der Waals surface area contributed by atoms with Gasteiger partial charge in [-0.3, -0.25) is 4.79 Å². The van der Waals surface area contributed by atoms with Crippen molar-refractivity contribution in [3.8, 4) is 23.0 Å². The minimum atomic E-state index is -0.737. The third-order valence-corrected chi connectivity index (χ3v) is 8.98. The summed E-state index contributed by atoms with van der Waals surface area (Å²) in [5.41, 5.74) is 3.49. The topological polar surface area (TPSA) is 118 Å². The lowest BCUT2D eigenvalue weighted by atomic mass is 9.94. The second-order valence-corrected chi connectivity index (χ2v) is 13.1. The van der Waals surface area contributed by atoms with Gasteiger partial charge in [-0.05, 0) is 78.4 Å². The number of ketones is 1. The van der Waals surface area contributed by atoms with Gasteiger partial charge >= 0.3 is 11.9 Å². The monoisotopic (exact) mass is 750 g/mol. The summed E-state index contributed by atoms with van der Waals surface area (Å²) in [4.78, 5) is 42.2. The number of ether oxygens (including phenoxy) is 5. The highest BCUT2D eigenvalue weighted by Crippen LogP contribution is 2.38. The van der Waals surface area contributed by atoms with Gasteiger partial charge in [0.1, 0.15) is 48.4 Å². The number of carbonyl (C=O) groups is 3. The molecule has 0 saturated heterocycles. The molecule has 0 amide bonds. The average Bonchev–Trinajstić information content (AvgIpc) is 3.24. The molecule has 1 atom stereocenters. The first-order valence-electron chi connectivity index (χ1n) is 18.2. The lowest BCUT2D eigenvalue weighted by Crippen LogP contribution is -2.18. The number of aryl methyl sites for hydroxylation is 1. The first-order chi connectivity index (χ1) is 27.3. The van der Waals surface area contributed by atoms with Gasteiger partial charge in [0.2, 0.25) is 5.78 Å². The van der Waals surface area contributed by atoms with Crippen LogP contribution in [0.15, 0.2) is 146 Å². The van der Waals surface area contributed by atoms with Gasteiger partial charge < -0.3 is 28.8 Å². The Kier molecular flexibility index (Phi) is 13.1. The molecule has 0 aliphatic rings. The molecular weight excluding hydrogens is 709 g/mol. The van der Waals surface area contributed by atoms with E-state index in [0.717, 1.165) is 22.3 Å². The van der Waals surface area contributed by atoms with Crippen molar-refractivity contribution in [1.29, 1.82) is 0 Å². The number of rotatable bonds is 17. The normalized spacial score (nSPS) is 11.2. The Morgan fingerprint density at radius 1 is 0.554 bits per heavy atom. The standard InChI is InChI=1S/C47H42O9/c1-32(21-22-33-23-25-38(48)26-24-33)56-46(50)37-27-41(54-30-35-15-8-4-9-16-35)44(42(28-37)55-31-36-17-10-5-11-18-36)45(49)43-39(47(51)52-2)19-12-20-40(43)53-29-34-13-6-3-7-14-34/h3-20,23-28,32,48H,21-22,29-31H2,1-2H3. The van der Waals surface area contributed by atoms with Crippen LogP contribution in [-0.2, 0) is 35.7 Å². The van der Waals surface area contributed by atoms with Crippen LogP contribution in [0.3, 0.4) is 0 Å². The molecule has 9 nitrogen and oxygen atoms in total. The molecule has 0 bridgehead atoms. The van der Waals surface area contributed by atoms with Crippen molar-refractivity contribution < 1.29 is 43.2 Å². The maximum Gasteiger partial charge on any atom is 0.338 e. The summed E-state index contributed by atoms with van der Waals surface area (Å²) in [6, 6.07) is 42.7. The predicted octanol–water partition coefficient (Wildman–Crippen LogP) is 9.32. The number of methoxy groups -OCH3 is 1. The van der Waals surface area contributed by atoms with Gasteiger partial charge in [0.25, 0.3) is 0 Å². The highest BCUT2D eigenvalue weighted by molar-refractivity contribution is 6.19. The zero-order valence-corrected chi connectivity index (χ0v) is 31.2. The van der Waals surface area contributed by atoms with E-state index in [4.69, 9.17) is 23.7 Å². The summed E-state index contributed by atoms with van der Waals surface area (Å²) >= 11 is 0. The van der Waals surface area contributed by atoms with Crippen LogP contribution >= 0.6 is 0 Å². The molecular formula is C47H42O9. The highest BCUT2D eigenvalue weighted by atomic mass is 16.5. The Morgan fingerprint density at radius 2 is 1.05 bits per heavy atom. The number of carbonyl (C=O) groups excluding carboxylic acids is 3. The predicted molar refractivity (Wildman–Crippen MR) is 211 cm³/mol. The van der Waals surface area contributed by atoms with Crippen LogP contribution in [0.1, 0.15) is 72.2 Å². The van der Waals surface area contributed by atoms with Crippen LogP contribution in [0.4, 0.5) is 0 Å². The zero-order chi connectivity index (χ0) is 39.3. The summed E-state index contributed by atoms with van der Waals surface area (Å²) in [6.07, 6.45) is 0.668. The number of hydrogen-bond acceptors (Lipinski definition) is 9. The smallest absolute Gasteiger partial charge is 0.338 e. The molecule has 1 N–H and O–H groups in total. The third kappa shape index (κ3) is 10.2. The molecule has 0 aliphatic heterocycles. The molecule has 6 aromatic rings. The molecule has 6 rings (SSSR count). The lowest BCUT2D eigenvalue weighted by molar-refractivity contribution is 0.0323. The minimum absolute atomic E-state index is 0.0166. The number of benzene rings is 6. The maximum absolute atomic E-state index is 15.1. The van der Waals surface area contributed by atoms with Gasteiger partial charge in [0, 0.05) is 0 Å². The van der Waals surface area contributed by atoms with Crippen LogP contribution < -0.4 is 14.2 Å². The average molecular weight is 751 g/mol. The molecule has 0 aliphatic carbocycles. The van der Waals surface area contributed by atoms with Gasteiger partial charge in [-0.15, -0.1) is 0 Å². The second-order valence-electron chi connectivity index (χ2n) is 13.1. The van der Waals surface area contributed by atoms with Gasteiger partial charge in [0.05, 0.1) is 29.9 Å². The van der Waals surface area contributed by atoms with E-state index in [1.807, 2.05) is 103 Å². The Morgan fingerprint density at radius 3 is 1.55 bits per heavy atom. The summed E-state index contributed by atoms with van der Waals surface area (Å²) in [5.74, 6) is -1.60.